The van der Waals surface area contributed by atoms with Gasteiger partial charge in [0.05, 0.1) is 26.7 Å². The fraction of sp³-hybridized carbons (Fsp3) is 0.182. The number of nitrogen functional groups attached to an aromatic ring is 1. The number of hydrogen-bond donors (Lipinski definition) is 1. The monoisotopic (exact) mass is 395 g/mol. The third kappa shape index (κ3) is 3.99. The number of thioether (sulfide) groups is 1. The van der Waals surface area contributed by atoms with Crippen LogP contribution in [0.3, 0.4) is 0 Å². The van der Waals surface area contributed by atoms with E-state index in [1.54, 1.807) is 0 Å². The highest BCUT2D eigenvalue weighted by Crippen LogP contribution is 2.42. The lowest BCUT2D eigenvalue weighted by atomic mass is 10.2. The Hall–Kier alpha value is -1.26. The molecule has 0 unspecified atom stereocenters. The van der Waals surface area contributed by atoms with Crippen molar-refractivity contribution < 1.29 is 26.3 Å². The van der Waals surface area contributed by atoms with E-state index >= 15 is 0 Å². The van der Waals surface area contributed by atoms with Gasteiger partial charge in [0.15, 0.2) is 0 Å². The standard InChI is InChI=1S/C11H5Cl2F6N3S/c12-5-1-4(10(14,15)16)2-6(13)8(5)22-9(20)7(3-21-22)23-11(17,18)19/h1-3H,20H2. The van der Waals surface area contributed by atoms with E-state index in [4.69, 9.17) is 28.9 Å². The maximum atomic E-state index is 12.7. The first-order valence-corrected chi connectivity index (χ1v) is 7.13. The molecule has 0 radical (unpaired) electrons. The van der Waals surface area contributed by atoms with E-state index in [2.05, 4.69) is 5.10 Å². The van der Waals surface area contributed by atoms with Crippen molar-refractivity contribution in [2.75, 3.05) is 5.73 Å². The fourth-order valence-corrected chi connectivity index (χ4v) is 2.84. The number of anilines is 1. The molecule has 12 heteroatoms. The van der Waals surface area contributed by atoms with Gasteiger partial charge in [0, 0.05) is 0 Å². The minimum atomic E-state index is -4.68. The lowest BCUT2D eigenvalue weighted by Gasteiger charge is -2.13. The van der Waals surface area contributed by atoms with Crippen LogP contribution in [0.1, 0.15) is 5.56 Å². The number of alkyl halides is 6. The van der Waals surface area contributed by atoms with Crippen LogP contribution in [-0.2, 0) is 6.18 Å². The Kier molecular flexibility index (Phi) is 4.71. The van der Waals surface area contributed by atoms with Gasteiger partial charge in [0.2, 0.25) is 0 Å². The van der Waals surface area contributed by atoms with Crippen molar-refractivity contribution >= 4 is 40.8 Å². The minimum absolute atomic E-state index is 0.243. The van der Waals surface area contributed by atoms with E-state index in [9.17, 15) is 26.3 Å². The van der Waals surface area contributed by atoms with E-state index < -0.39 is 49.8 Å². The Bertz CT molecular complexity index is 717. The van der Waals surface area contributed by atoms with Gasteiger partial charge in [-0.1, -0.05) is 23.2 Å². The number of aromatic nitrogens is 2. The number of nitrogens with zero attached hydrogens (tertiary/aromatic N) is 2. The van der Waals surface area contributed by atoms with E-state index in [-0.39, 0.29) is 5.69 Å². The summed E-state index contributed by atoms with van der Waals surface area (Å²) in [5.74, 6) is -0.448. The SMILES string of the molecule is Nc1c(SC(F)(F)F)cnn1-c1c(Cl)cc(C(F)(F)F)cc1Cl. The molecule has 1 aromatic carbocycles. The zero-order chi connectivity index (χ0) is 17.6. The Morgan fingerprint density at radius 1 is 1.04 bits per heavy atom. The molecule has 0 saturated heterocycles. The summed E-state index contributed by atoms with van der Waals surface area (Å²) in [5.41, 5.74) is -0.405. The van der Waals surface area contributed by atoms with Crippen LogP contribution in [0.25, 0.3) is 5.69 Å². The van der Waals surface area contributed by atoms with Gasteiger partial charge >= 0.3 is 11.7 Å². The summed E-state index contributed by atoms with van der Waals surface area (Å²) in [6.07, 6.45) is -3.86. The summed E-state index contributed by atoms with van der Waals surface area (Å²) in [6.45, 7) is 0. The van der Waals surface area contributed by atoms with E-state index in [0.29, 0.717) is 12.1 Å². The lowest BCUT2D eigenvalue weighted by molar-refractivity contribution is -0.137. The average molecular weight is 396 g/mol. The normalized spacial score (nSPS) is 12.7. The topological polar surface area (TPSA) is 43.8 Å². The number of benzene rings is 1. The van der Waals surface area contributed by atoms with Gasteiger partial charge in [0.1, 0.15) is 11.5 Å². The highest BCUT2D eigenvalue weighted by Gasteiger charge is 2.34. The van der Waals surface area contributed by atoms with Crippen molar-refractivity contribution in [3.05, 3.63) is 33.9 Å². The van der Waals surface area contributed by atoms with Gasteiger partial charge in [0.25, 0.3) is 0 Å². The molecule has 0 bridgehead atoms. The predicted octanol–water partition coefficient (Wildman–Crippen LogP) is 5.39. The van der Waals surface area contributed by atoms with Crippen LogP contribution < -0.4 is 5.73 Å². The maximum Gasteiger partial charge on any atom is 0.446 e. The van der Waals surface area contributed by atoms with Crippen molar-refractivity contribution in [3.8, 4) is 5.69 Å². The number of halogens is 8. The zero-order valence-corrected chi connectivity index (χ0v) is 13.0. The van der Waals surface area contributed by atoms with Gasteiger partial charge in [-0.2, -0.15) is 31.4 Å². The molecule has 23 heavy (non-hydrogen) atoms. The largest absolute Gasteiger partial charge is 0.446 e. The molecule has 2 N–H and O–H groups in total. The Morgan fingerprint density at radius 3 is 2.00 bits per heavy atom. The molecule has 0 fully saturated rings. The molecule has 0 saturated carbocycles. The van der Waals surface area contributed by atoms with Crippen LogP contribution in [-0.4, -0.2) is 15.3 Å². The molecule has 1 heterocycles. The van der Waals surface area contributed by atoms with Crippen molar-refractivity contribution in [2.24, 2.45) is 0 Å². The number of nitrogens with two attached hydrogens (primary N) is 1. The first-order chi connectivity index (χ1) is 10.4. The van der Waals surface area contributed by atoms with Gasteiger partial charge < -0.3 is 5.73 Å². The van der Waals surface area contributed by atoms with Crippen molar-refractivity contribution in [3.63, 3.8) is 0 Å². The molecule has 2 aromatic rings. The molecular weight excluding hydrogens is 391 g/mol. The average Bonchev–Trinajstić information content (AvgIpc) is 2.68. The molecule has 0 aliphatic rings. The van der Waals surface area contributed by atoms with E-state index in [1.807, 2.05) is 0 Å². The van der Waals surface area contributed by atoms with Gasteiger partial charge in [-0.15, -0.1) is 0 Å². The summed E-state index contributed by atoms with van der Waals surface area (Å²) in [6, 6.07) is 1.17. The van der Waals surface area contributed by atoms with Crippen molar-refractivity contribution in [1.82, 2.24) is 9.78 Å². The molecule has 126 valence electrons. The summed E-state index contributed by atoms with van der Waals surface area (Å²) in [4.78, 5) is -0.426. The Morgan fingerprint density at radius 2 is 1.57 bits per heavy atom. The first-order valence-electron chi connectivity index (χ1n) is 5.56. The Labute approximate surface area is 139 Å². The van der Waals surface area contributed by atoms with E-state index in [1.165, 1.54) is 0 Å². The smallest absolute Gasteiger partial charge is 0.383 e. The minimum Gasteiger partial charge on any atom is -0.383 e. The second kappa shape index (κ2) is 5.99. The Balaban J connectivity index is 2.52. The third-order valence-electron chi connectivity index (χ3n) is 2.55. The quantitative estimate of drug-likeness (QED) is 0.547. The van der Waals surface area contributed by atoms with Gasteiger partial charge in [-0.05, 0) is 23.9 Å². The first kappa shape index (κ1) is 18.1. The predicted molar refractivity (Wildman–Crippen MR) is 74.9 cm³/mol. The maximum absolute atomic E-state index is 12.7. The summed E-state index contributed by atoms with van der Waals surface area (Å²) >= 11 is 11.0. The van der Waals surface area contributed by atoms with Crippen LogP contribution >= 0.6 is 35.0 Å². The highest BCUT2D eigenvalue weighted by molar-refractivity contribution is 8.00. The van der Waals surface area contributed by atoms with Crippen LogP contribution in [0.2, 0.25) is 10.0 Å². The zero-order valence-electron chi connectivity index (χ0n) is 10.6. The number of rotatable bonds is 2. The fourth-order valence-electron chi connectivity index (χ4n) is 1.66. The molecule has 3 nitrogen and oxygen atoms in total. The van der Waals surface area contributed by atoms with Gasteiger partial charge in [-0.3, -0.25) is 0 Å². The summed E-state index contributed by atoms with van der Waals surface area (Å²) < 4.78 is 75.8. The highest BCUT2D eigenvalue weighted by atomic mass is 35.5. The molecule has 2 rings (SSSR count). The molecule has 1 aromatic heterocycles. The molecule has 0 aliphatic carbocycles. The van der Waals surface area contributed by atoms with Crippen LogP contribution in [0, 0.1) is 0 Å². The van der Waals surface area contributed by atoms with Crippen LogP contribution in [0.4, 0.5) is 32.2 Å². The summed E-state index contributed by atoms with van der Waals surface area (Å²) in [5, 5.41) is 2.69. The van der Waals surface area contributed by atoms with Crippen LogP contribution in [0.5, 0.6) is 0 Å². The molecule has 0 amide bonds. The third-order valence-corrected chi connectivity index (χ3v) is 3.89. The molecule has 0 atom stereocenters. The van der Waals surface area contributed by atoms with Crippen molar-refractivity contribution in [1.29, 1.82) is 0 Å². The molecular formula is C11H5Cl2F6N3S. The lowest BCUT2D eigenvalue weighted by Crippen LogP contribution is -2.09. The van der Waals surface area contributed by atoms with Crippen molar-refractivity contribution in [2.45, 2.75) is 16.6 Å². The molecule has 0 aliphatic heterocycles. The second-order valence-corrected chi connectivity index (χ2v) is 6.06. The van der Waals surface area contributed by atoms with E-state index in [0.717, 1.165) is 10.9 Å². The second-order valence-electron chi connectivity index (χ2n) is 4.14. The van der Waals surface area contributed by atoms with Gasteiger partial charge in [-0.25, -0.2) is 4.68 Å². The summed E-state index contributed by atoms with van der Waals surface area (Å²) in [7, 11) is 0. The number of hydrogen-bond acceptors (Lipinski definition) is 3. The molecule has 0 spiro atoms. The van der Waals surface area contributed by atoms with Crippen LogP contribution in [0.15, 0.2) is 23.2 Å².